The molecule has 0 spiro atoms. The average molecular weight is 341 g/mol. The number of esters is 1. The summed E-state index contributed by atoms with van der Waals surface area (Å²) in [5, 5.41) is 0. The fraction of sp³-hybridized carbons (Fsp3) is 0.417. The van der Waals surface area contributed by atoms with Crippen LogP contribution in [-0.4, -0.2) is 17.9 Å². The van der Waals surface area contributed by atoms with Crippen LogP contribution in [0.3, 0.4) is 0 Å². The van der Waals surface area contributed by atoms with Gasteiger partial charge < -0.3 is 9.47 Å². The Morgan fingerprint density at radius 3 is 2.21 bits per heavy atom. The first kappa shape index (κ1) is 15.8. The molecule has 0 bridgehead atoms. The van der Waals surface area contributed by atoms with E-state index in [1.807, 2.05) is 0 Å². The maximum atomic E-state index is 12.1. The Balaban J connectivity index is 3.00. The van der Waals surface area contributed by atoms with E-state index < -0.39 is 23.7 Å². The van der Waals surface area contributed by atoms with E-state index in [1.165, 1.54) is 6.07 Å². The highest BCUT2D eigenvalue weighted by Gasteiger charge is 2.31. The highest BCUT2D eigenvalue weighted by Crippen LogP contribution is 2.28. The zero-order chi connectivity index (χ0) is 14.8. The molecule has 0 heterocycles. The summed E-state index contributed by atoms with van der Waals surface area (Å²) in [4.78, 5) is 11.8. The predicted molar refractivity (Wildman–Crippen MR) is 66.0 cm³/mol. The number of carbonyl (C=O) groups excluding carboxylic acids is 1. The van der Waals surface area contributed by atoms with Crippen molar-refractivity contribution in [1.82, 2.24) is 0 Å². The summed E-state index contributed by atoms with van der Waals surface area (Å²) in [6.45, 7) is 4.99. The van der Waals surface area contributed by atoms with Gasteiger partial charge in [-0.3, -0.25) is 0 Å². The number of carbonyl (C=O) groups is 1. The third-order valence-corrected chi connectivity index (χ3v) is 2.20. The molecule has 7 heteroatoms. The van der Waals surface area contributed by atoms with Crippen LogP contribution in [-0.2, 0) is 4.74 Å². The number of rotatable bonds is 2. The Labute approximate surface area is 116 Å². The fourth-order valence-corrected chi connectivity index (χ4v) is 1.68. The molecule has 1 rings (SSSR count). The number of alkyl halides is 3. The van der Waals surface area contributed by atoms with Gasteiger partial charge in [0.2, 0.25) is 0 Å². The molecule has 1 aromatic carbocycles. The lowest BCUT2D eigenvalue weighted by molar-refractivity contribution is -0.274. The third-order valence-electron chi connectivity index (χ3n) is 1.74. The summed E-state index contributed by atoms with van der Waals surface area (Å²) in [5.41, 5.74) is -0.756. The van der Waals surface area contributed by atoms with Crippen molar-refractivity contribution in [3.63, 3.8) is 0 Å². The van der Waals surface area contributed by atoms with Gasteiger partial charge >= 0.3 is 12.3 Å². The maximum Gasteiger partial charge on any atom is 0.573 e. The van der Waals surface area contributed by atoms with E-state index in [9.17, 15) is 18.0 Å². The predicted octanol–water partition coefficient (Wildman–Crippen LogP) is 4.30. The van der Waals surface area contributed by atoms with Gasteiger partial charge in [-0.15, -0.1) is 13.2 Å². The molecule has 0 fully saturated rings. The monoisotopic (exact) mass is 340 g/mol. The van der Waals surface area contributed by atoms with E-state index in [0.29, 0.717) is 0 Å². The van der Waals surface area contributed by atoms with Crippen LogP contribution >= 0.6 is 15.9 Å². The molecule has 0 N–H and O–H groups in total. The summed E-state index contributed by atoms with van der Waals surface area (Å²) in [6.07, 6.45) is -4.81. The summed E-state index contributed by atoms with van der Waals surface area (Å²) >= 11 is 3.01. The standard InChI is InChI=1S/C12H12BrF3O3/c1-11(2,3)19-10(17)7-4-8(13)6-9(5-7)18-12(14,15)16/h4-6H,1-3H3. The summed E-state index contributed by atoms with van der Waals surface area (Å²) in [7, 11) is 0. The Kier molecular flexibility index (Phi) is 4.50. The molecule has 0 aliphatic rings. The molecular formula is C12H12BrF3O3. The van der Waals surface area contributed by atoms with Gasteiger partial charge in [0.1, 0.15) is 11.4 Å². The van der Waals surface area contributed by atoms with Gasteiger partial charge in [-0.1, -0.05) is 15.9 Å². The van der Waals surface area contributed by atoms with E-state index in [4.69, 9.17) is 4.74 Å². The number of ether oxygens (including phenoxy) is 2. The topological polar surface area (TPSA) is 35.5 Å². The molecule has 0 saturated carbocycles. The van der Waals surface area contributed by atoms with Crippen molar-refractivity contribution in [2.45, 2.75) is 32.7 Å². The minimum absolute atomic E-state index is 0.0245. The van der Waals surface area contributed by atoms with Crippen LogP contribution in [0.4, 0.5) is 13.2 Å². The van der Waals surface area contributed by atoms with Gasteiger partial charge in [-0.2, -0.15) is 0 Å². The second-order valence-corrected chi connectivity index (χ2v) is 5.64. The molecule has 0 atom stereocenters. The lowest BCUT2D eigenvalue weighted by Gasteiger charge is -2.20. The molecule has 106 valence electrons. The molecule has 0 aromatic heterocycles. The number of hydrogen-bond donors (Lipinski definition) is 0. The molecule has 0 amide bonds. The molecule has 0 aliphatic heterocycles. The summed E-state index contributed by atoms with van der Waals surface area (Å²) in [6, 6.07) is 3.45. The largest absolute Gasteiger partial charge is 0.573 e. The first-order chi connectivity index (χ1) is 8.46. The number of benzene rings is 1. The van der Waals surface area contributed by atoms with E-state index >= 15 is 0 Å². The van der Waals surface area contributed by atoms with Gasteiger partial charge in [-0.25, -0.2) is 4.79 Å². The zero-order valence-electron chi connectivity index (χ0n) is 10.5. The number of halogens is 4. The van der Waals surface area contributed by atoms with Crippen molar-refractivity contribution >= 4 is 21.9 Å². The smallest absolute Gasteiger partial charge is 0.456 e. The highest BCUT2D eigenvalue weighted by molar-refractivity contribution is 9.10. The Hall–Kier alpha value is -1.24. The molecule has 0 saturated heterocycles. The van der Waals surface area contributed by atoms with Gasteiger partial charge in [0.05, 0.1) is 5.56 Å². The van der Waals surface area contributed by atoms with E-state index in [0.717, 1.165) is 12.1 Å². The van der Waals surface area contributed by atoms with Crippen LogP contribution in [0, 0.1) is 0 Å². The second kappa shape index (κ2) is 5.40. The lowest BCUT2D eigenvalue weighted by Crippen LogP contribution is -2.24. The van der Waals surface area contributed by atoms with Crippen molar-refractivity contribution in [3.8, 4) is 5.75 Å². The SMILES string of the molecule is CC(C)(C)OC(=O)c1cc(Br)cc(OC(F)(F)F)c1. The van der Waals surface area contributed by atoms with E-state index in [1.54, 1.807) is 20.8 Å². The van der Waals surface area contributed by atoms with Crippen LogP contribution in [0.1, 0.15) is 31.1 Å². The van der Waals surface area contributed by atoms with Crippen LogP contribution in [0.2, 0.25) is 0 Å². The van der Waals surface area contributed by atoms with Gasteiger partial charge in [0.25, 0.3) is 0 Å². The lowest BCUT2D eigenvalue weighted by atomic mass is 10.1. The molecule has 3 nitrogen and oxygen atoms in total. The van der Waals surface area contributed by atoms with Crippen LogP contribution < -0.4 is 4.74 Å². The minimum Gasteiger partial charge on any atom is -0.456 e. The molecular weight excluding hydrogens is 329 g/mol. The van der Waals surface area contributed by atoms with Gasteiger partial charge in [0.15, 0.2) is 0 Å². The molecule has 0 unspecified atom stereocenters. The third kappa shape index (κ3) is 5.96. The van der Waals surface area contributed by atoms with Crippen LogP contribution in [0.25, 0.3) is 0 Å². The Morgan fingerprint density at radius 2 is 1.74 bits per heavy atom. The minimum atomic E-state index is -4.81. The fourth-order valence-electron chi connectivity index (χ4n) is 1.21. The van der Waals surface area contributed by atoms with Gasteiger partial charge in [-0.05, 0) is 39.0 Å². The van der Waals surface area contributed by atoms with Crippen molar-refractivity contribution in [1.29, 1.82) is 0 Å². The van der Waals surface area contributed by atoms with E-state index in [-0.39, 0.29) is 10.0 Å². The zero-order valence-corrected chi connectivity index (χ0v) is 12.1. The van der Waals surface area contributed by atoms with Crippen LogP contribution in [0.15, 0.2) is 22.7 Å². The van der Waals surface area contributed by atoms with Crippen LogP contribution in [0.5, 0.6) is 5.75 Å². The Bertz CT molecular complexity index is 478. The molecule has 19 heavy (non-hydrogen) atoms. The normalized spacial score (nSPS) is 12.2. The Morgan fingerprint density at radius 1 is 1.16 bits per heavy atom. The maximum absolute atomic E-state index is 12.1. The van der Waals surface area contributed by atoms with E-state index in [2.05, 4.69) is 20.7 Å². The summed E-state index contributed by atoms with van der Waals surface area (Å²) < 4.78 is 45.5. The number of hydrogen-bond acceptors (Lipinski definition) is 3. The average Bonchev–Trinajstić information content (AvgIpc) is 2.10. The molecule has 0 radical (unpaired) electrons. The van der Waals surface area contributed by atoms with Crippen molar-refractivity contribution in [2.75, 3.05) is 0 Å². The highest BCUT2D eigenvalue weighted by atomic mass is 79.9. The van der Waals surface area contributed by atoms with Gasteiger partial charge in [0, 0.05) is 4.47 Å². The molecule has 0 aliphatic carbocycles. The van der Waals surface area contributed by atoms with Crippen molar-refractivity contribution in [3.05, 3.63) is 28.2 Å². The second-order valence-electron chi connectivity index (χ2n) is 4.73. The first-order valence-electron chi connectivity index (χ1n) is 5.26. The van der Waals surface area contributed by atoms with Crippen molar-refractivity contribution < 1.29 is 27.4 Å². The van der Waals surface area contributed by atoms with Crippen molar-refractivity contribution in [2.24, 2.45) is 0 Å². The summed E-state index contributed by atoms with van der Waals surface area (Å²) in [5.74, 6) is -1.21. The molecule has 1 aromatic rings. The quantitative estimate of drug-likeness (QED) is 0.753. The first-order valence-corrected chi connectivity index (χ1v) is 6.05.